The predicted octanol–water partition coefficient (Wildman–Crippen LogP) is 3.81. The predicted molar refractivity (Wildman–Crippen MR) is 139 cm³/mol. The van der Waals surface area contributed by atoms with E-state index in [0.717, 1.165) is 18.4 Å². The normalized spacial score (nSPS) is 15.3. The van der Waals surface area contributed by atoms with Crippen molar-refractivity contribution in [2.24, 2.45) is 0 Å². The van der Waals surface area contributed by atoms with Crippen molar-refractivity contribution >= 4 is 29.4 Å². The number of amides is 2. The number of anilines is 1. The fourth-order valence-corrected chi connectivity index (χ4v) is 4.79. The van der Waals surface area contributed by atoms with E-state index in [4.69, 9.17) is 21.1 Å². The smallest absolute Gasteiger partial charge is 0.254 e. The van der Waals surface area contributed by atoms with E-state index >= 15 is 0 Å². The van der Waals surface area contributed by atoms with E-state index in [1.807, 2.05) is 12.1 Å². The minimum absolute atomic E-state index is 0.111. The third-order valence-electron chi connectivity index (χ3n) is 6.62. The maximum atomic E-state index is 13.4. The number of nitrogens with one attached hydrogen (secondary N) is 2. The number of nitrogens with zero attached hydrogens (tertiary/aromatic N) is 3. The zero-order valence-corrected chi connectivity index (χ0v) is 21.6. The van der Waals surface area contributed by atoms with Gasteiger partial charge in [-0.3, -0.25) is 9.59 Å². The zero-order valence-electron chi connectivity index (χ0n) is 20.8. The number of rotatable bonds is 8. The van der Waals surface area contributed by atoms with Gasteiger partial charge < -0.3 is 25.0 Å². The lowest BCUT2D eigenvalue weighted by atomic mass is 10.0. The van der Waals surface area contributed by atoms with Crippen LogP contribution in [0.15, 0.2) is 42.6 Å². The Balaban J connectivity index is 1.25. The van der Waals surface area contributed by atoms with Crippen molar-refractivity contribution in [3.63, 3.8) is 0 Å². The molecule has 11 heteroatoms. The fourth-order valence-electron chi connectivity index (χ4n) is 4.59. The summed E-state index contributed by atoms with van der Waals surface area (Å²) in [5.74, 6) is -0.189. The molecule has 2 N–H and O–H groups in total. The lowest BCUT2D eigenvalue weighted by molar-refractivity contribution is -0.122. The second kappa shape index (κ2) is 11.3. The number of hydrogen-bond acceptors (Lipinski definition) is 7. The fraction of sp³-hybridized carbons (Fsp3) is 0.333. The first-order chi connectivity index (χ1) is 18.4. The van der Waals surface area contributed by atoms with Crippen molar-refractivity contribution in [2.75, 3.05) is 32.2 Å². The van der Waals surface area contributed by atoms with Gasteiger partial charge in [-0.25, -0.2) is 14.4 Å². The number of carbonyl (C=O) groups is 2. The summed E-state index contributed by atoms with van der Waals surface area (Å²) in [6.45, 7) is 1.74. The Morgan fingerprint density at radius 3 is 2.84 bits per heavy atom. The summed E-state index contributed by atoms with van der Waals surface area (Å²) in [6, 6.07) is 9.81. The molecule has 5 rings (SSSR count). The highest BCUT2D eigenvalue weighted by molar-refractivity contribution is 6.33. The van der Waals surface area contributed by atoms with Crippen LogP contribution in [0, 0.1) is 5.82 Å². The van der Waals surface area contributed by atoms with E-state index in [0.29, 0.717) is 58.9 Å². The van der Waals surface area contributed by atoms with E-state index in [2.05, 4.69) is 20.6 Å². The van der Waals surface area contributed by atoms with Crippen LogP contribution in [0.4, 0.5) is 10.3 Å². The van der Waals surface area contributed by atoms with Crippen LogP contribution in [0.3, 0.4) is 0 Å². The molecule has 0 unspecified atom stereocenters. The molecular formula is C27H27ClFN5O4. The first-order valence-corrected chi connectivity index (χ1v) is 12.7. The monoisotopic (exact) mass is 539 g/mol. The Kier molecular flexibility index (Phi) is 7.71. The first kappa shape index (κ1) is 25.9. The molecule has 1 saturated heterocycles. The minimum Gasteiger partial charge on any atom is -0.496 e. The number of ether oxygens (including phenoxy) is 2. The van der Waals surface area contributed by atoms with Crippen LogP contribution >= 0.6 is 11.6 Å². The highest BCUT2D eigenvalue weighted by Gasteiger charge is 2.29. The van der Waals surface area contributed by atoms with Crippen molar-refractivity contribution in [1.29, 1.82) is 0 Å². The number of benzene rings is 2. The molecule has 0 saturated carbocycles. The van der Waals surface area contributed by atoms with E-state index in [1.165, 1.54) is 24.1 Å². The van der Waals surface area contributed by atoms with Gasteiger partial charge in [-0.15, -0.1) is 0 Å². The maximum Gasteiger partial charge on any atom is 0.254 e. The van der Waals surface area contributed by atoms with E-state index in [1.54, 1.807) is 18.3 Å². The van der Waals surface area contributed by atoms with Gasteiger partial charge in [0.2, 0.25) is 11.9 Å². The molecule has 3 aromatic rings. The van der Waals surface area contributed by atoms with E-state index < -0.39 is 5.82 Å². The van der Waals surface area contributed by atoms with E-state index in [-0.39, 0.29) is 30.9 Å². The maximum absolute atomic E-state index is 13.4. The summed E-state index contributed by atoms with van der Waals surface area (Å²) < 4.78 is 24.0. The number of aromatic nitrogens is 2. The molecular weight excluding hydrogens is 513 g/mol. The second-order valence-corrected chi connectivity index (χ2v) is 9.59. The highest BCUT2D eigenvalue weighted by Crippen LogP contribution is 2.31. The Hall–Kier alpha value is -3.76. The molecule has 38 heavy (non-hydrogen) atoms. The molecule has 9 nitrogen and oxygen atoms in total. The number of carbonyl (C=O) groups excluding carboxylic acids is 2. The third-order valence-corrected chi connectivity index (χ3v) is 6.90. The molecule has 2 aromatic carbocycles. The summed E-state index contributed by atoms with van der Waals surface area (Å²) in [4.78, 5) is 36.1. The van der Waals surface area contributed by atoms with Gasteiger partial charge in [0.1, 0.15) is 18.1 Å². The van der Waals surface area contributed by atoms with Gasteiger partial charge in [0.25, 0.3) is 5.91 Å². The van der Waals surface area contributed by atoms with Crippen molar-refractivity contribution in [2.45, 2.75) is 32.0 Å². The Labute approximate surface area is 224 Å². The summed E-state index contributed by atoms with van der Waals surface area (Å²) in [5, 5.41) is 6.48. The summed E-state index contributed by atoms with van der Waals surface area (Å²) >= 11 is 6.42. The van der Waals surface area contributed by atoms with Crippen LogP contribution in [-0.4, -0.2) is 59.6 Å². The number of fused-ring (bicyclic) bond motifs is 1. The lowest BCUT2D eigenvalue weighted by Gasteiger charge is -2.23. The second-order valence-electron chi connectivity index (χ2n) is 9.19. The average molecular weight is 540 g/mol. The zero-order chi connectivity index (χ0) is 26.6. The molecule has 2 amide bonds. The molecule has 2 aliphatic rings. The van der Waals surface area contributed by atoms with Gasteiger partial charge in [0.15, 0.2) is 0 Å². The molecule has 0 radical (unpaired) electrons. The molecule has 0 spiro atoms. The number of methoxy groups -OCH3 is 1. The van der Waals surface area contributed by atoms with Gasteiger partial charge in [-0.05, 0) is 30.5 Å². The summed E-state index contributed by atoms with van der Waals surface area (Å²) in [5.41, 5.74) is 3.17. The molecule has 1 fully saturated rings. The molecule has 2 aliphatic heterocycles. The molecule has 0 aliphatic carbocycles. The average Bonchev–Trinajstić information content (AvgIpc) is 3.23. The molecule has 198 valence electrons. The van der Waals surface area contributed by atoms with Crippen LogP contribution in [-0.2, 0) is 22.6 Å². The van der Waals surface area contributed by atoms with Crippen molar-refractivity contribution in [1.82, 2.24) is 20.2 Å². The SMILES string of the molecule is COc1cc(F)ccc1CNC(=O)CN1Cc2ccc(-c3nc(NC4CCOCC4)ncc3Cl)cc2C1=O. The Morgan fingerprint density at radius 1 is 1.24 bits per heavy atom. The Bertz CT molecular complexity index is 1370. The molecule has 1 aromatic heterocycles. The van der Waals surface area contributed by atoms with E-state index in [9.17, 15) is 14.0 Å². The van der Waals surface area contributed by atoms with Gasteiger partial charge >= 0.3 is 0 Å². The minimum atomic E-state index is -0.424. The standard InChI is InChI=1S/C27H27ClFN5O4/c1-37-23-11-19(29)5-4-17(23)12-30-24(35)15-34-14-18-3-2-16(10-21(18)26(34)36)25-22(28)13-31-27(33-25)32-20-6-8-38-9-7-20/h2-5,10-11,13,20H,6-9,12,14-15H2,1H3,(H,30,35)(H,31,32,33). The molecule has 3 heterocycles. The Morgan fingerprint density at radius 2 is 2.05 bits per heavy atom. The van der Waals surface area contributed by atoms with Gasteiger partial charge in [-0.1, -0.05) is 29.8 Å². The first-order valence-electron chi connectivity index (χ1n) is 12.3. The van der Waals surface area contributed by atoms with Crippen LogP contribution in [0.2, 0.25) is 5.02 Å². The number of hydrogen-bond donors (Lipinski definition) is 2. The van der Waals surface area contributed by atoms with Gasteiger partial charge in [-0.2, -0.15) is 0 Å². The van der Waals surface area contributed by atoms with Crippen LogP contribution in [0.1, 0.15) is 34.3 Å². The van der Waals surface area contributed by atoms with Gasteiger partial charge in [0, 0.05) is 55.1 Å². The summed E-state index contributed by atoms with van der Waals surface area (Å²) in [6.07, 6.45) is 3.29. The summed E-state index contributed by atoms with van der Waals surface area (Å²) in [7, 11) is 1.44. The largest absolute Gasteiger partial charge is 0.496 e. The van der Waals surface area contributed by atoms with Crippen molar-refractivity contribution < 1.29 is 23.5 Å². The van der Waals surface area contributed by atoms with Crippen LogP contribution in [0.5, 0.6) is 5.75 Å². The van der Waals surface area contributed by atoms with Crippen molar-refractivity contribution in [3.05, 3.63) is 70.1 Å². The molecule has 0 bridgehead atoms. The quantitative estimate of drug-likeness (QED) is 0.448. The number of halogens is 2. The lowest BCUT2D eigenvalue weighted by Crippen LogP contribution is -2.37. The van der Waals surface area contributed by atoms with Crippen LogP contribution in [0.25, 0.3) is 11.3 Å². The molecule has 0 atom stereocenters. The third kappa shape index (κ3) is 5.71. The highest BCUT2D eigenvalue weighted by atomic mass is 35.5. The van der Waals surface area contributed by atoms with Crippen molar-refractivity contribution in [3.8, 4) is 17.0 Å². The van der Waals surface area contributed by atoms with Gasteiger partial charge in [0.05, 0.1) is 24.0 Å². The van der Waals surface area contributed by atoms with Crippen LogP contribution < -0.4 is 15.4 Å². The topological polar surface area (TPSA) is 106 Å².